The van der Waals surface area contributed by atoms with Gasteiger partial charge in [0.2, 0.25) is 0 Å². The molecule has 6 rings (SSSR count). The van der Waals surface area contributed by atoms with Crippen molar-refractivity contribution in [2.75, 3.05) is 18.0 Å². The van der Waals surface area contributed by atoms with E-state index < -0.39 is 15.7 Å². The second-order valence-corrected chi connectivity index (χ2v) is 9.58. The van der Waals surface area contributed by atoms with Crippen LogP contribution in [0.4, 0.5) is 5.69 Å². The van der Waals surface area contributed by atoms with Crippen LogP contribution in [0.3, 0.4) is 0 Å². The summed E-state index contributed by atoms with van der Waals surface area (Å²) < 4.78 is 37.9. The van der Waals surface area contributed by atoms with Gasteiger partial charge in [-0.3, -0.25) is 4.55 Å². The topological polar surface area (TPSA) is 117 Å². The van der Waals surface area contributed by atoms with Crippen LogP contribution >= 0.6 is 0 Å². The fourth-order valence-electron chi connectivity index (χ4n) is 4.89. The van der Waals surface area contributed by atoms with Crippen LogP contribution < -0.4 is 10.5 Å². The van der Waals surface area contributed by atoms with E-state index in [2.05, 4.69) is 20.9 Å². The van der Waals surface area contributed by atoms with Crippen molar-refractivity contribution in [1.82, 2.24) is 9.97 Å². The zero-order chi connectivity index (χ0) is 21.3. The van der Waals surface area contributed by atoms with Gasteiger partial charge in [0.15, 0.2) is 0 Å². The zero-order valence-corrected chi connectivity index (χ0v) is 17.3. The number of hydrogen-bond donors (Lipinski definition) is 2. The van der Waals surface area contributed by atoms with Gasteiger partial charge in [0.05, 0.1) is 15.9 Å². The van der Waals surface area contributed by atoms with Gasteiger partial charge in [-0.1, -0.05) is 0 Å². The number of nitrogens with zero attached hydrogens (tertiary/aromatic N) is 2. The summed E-state index contributed by atoms with van der Waals surface area (Å²) in [5, 5.41) is 0.867. The average Bonchev–Trinajstić information content (AvgIpc) is 3.17. The van der Waals surface area contributed by atoms with Gasteiger partial charge in [-0.25, -0.2) is 9.78 Å². The zero-order valence-electron chi connectivity index (χ0n) is 16.5. The fourth-order valence-corrected chi connectivity index (χ4v) is 5.39. The Labute approximate surface area is 177 Å². The summed E-state index contributed by atoms with van der Waals surface area (Å²) >= 11 is 0. The number of imidazole rings is 1. The maximum atomic E-state index is 12.9. The molecular weight excluding hydrogens is 418 g/mol. The second-order valence-electron chi connectivity index (χ2n) is 8.16. The molecule has 0 saturated heterocycles. The first-order valence-corrected chi connectivity index (χ1v) is 11.7. The van der Waals surface area contributed by atoms with E-state index in [4.69, 9.17) is 4.42 Å². The molecule has 0 aliphatic carbocycles. The summed E-state index contributed by atoms with van der Waals surface area (Å²) in [6, 6.07) is 7.95. The molecule has 0 saturated carbocycles. The van der Waals surface area contributed by atoms with Gasteiger partial charge in [0.25, 0.3) is 10.1 Å². The molecule has 0 atom stereocenters. The molecule has 2 N–H and O–H groups in total. The molecule has 8 nitrogen and oxygen atoms in total. The number of fused-ring (bicyclic) bond motifs is 3. The minimum atomic E-state index is -4.33. The van der Waals surface area contributed by atoms with Crippen LogP contribution in [0.15, 0.2) is 44.4 Å². The Kier molecular flexibility index (Phi) is 3.85. The molecule has 0 fully saturated rings. The lowest BCUT2D eigenvalue weighted by atomic mass is 9.90. The van der Waals surface area contributed by atoms with Crippen molar-refractivity contribution in [2.24, 2.45) is 0 Å². The van der Waals surface area contributed by atoms with Crippen LogP contribution in [0.25, 0.3) is 33.4 Å². The predicted molar refractivity (Wildman–Crippen MR) is 116 cm³/mol. The van der Waals surface area contributed by atoms with Gasteiger partial charge in [-0.2, -0.15) is 8.42 Å². The third-order valence-corrected chi connectivity index (χ3v) is 7.07. The quantitative estimate of drug-likeness (QED) is 0.365. The van der Waals surface area contributed by atoms with E-state index in [0.29, 0.717) is 22.4 Å². The molecule has 9 heteroatoms. The molecule has 2 aromatic heterocycles. The Hall–Kier alpha value is -3.17. The van der Waals surface area contributed by atoms with Crippen LogP contribution in [-0.4, -0.2) is 36.0 Å². The monoisotopic (exact) mass is 437 g/mol. The summed E-state index contributed by atoms with van der Waals surface area (Å²) in [6.45, 7) is 2.08. The maximum absolute atomic E-state index is 12.9. The molecule has 0 bridgehead atoms. The first-order chi connectivity index (χ1) is 14.9. The first kappa shape index (κ1) is 18.6. The number of nitrogens with one attached hydrogen (secondary N) is 1. The van der Waals surface area contributed by atoms with Gasteiger partial charge in [0, 0.05) is 29.7 Å². The molecule has 31 heavy (non-hydrogen) atoms. The molecule has 2 aromatic carbocycles. The number of rotatable bonds is 2. The van der Waals surface area contributed by atoms with Gasteiger partial charge in [0.1, 0.15) is 17.0 Å². The van der Waals surface area contributed by atoms with Gasteiger partial charge in [-0.15, -0.1) is 0 Å². The standard InChI is InChI=1S/C22H19N3O5S/c26-22-16(21-23-17-6-5-14(31(27,28)29)11-18(17)24-21)10-13-9-12-3-1-7-25-8-2-4-15(19(12)25)20(13)30-22/h5-6,9-11H,1-4,7-8H2,(H,23,24)(H,27,28,29). The number of aromatic amines is 1. The second kappa shape index (κ2) is 6.41. The Morgan fingerprint density at radius 3 is 2.71 bits per heavy atom. The normalized spacial score (nSPS) is 16.1. The van der Waals surface area contributed by atoms with Crippen molar-refractivity contribution in [3.8, 4) is 11.4 Å². The molecular formula is C22H19N3O5S. The van der Waals surface area contributed by atoms with E-state index in [1.807, 2.05) is 0 Å². The van der Waals surface area contributed by atoms with Crippen molar-refractivity contribution in [3.63, 3.8) is 0 Å². The Bertz CT molecular complexity index is 1550. The summed E-state index contributed by atoms with van der Waals surface area (Å²) in [6.07, 6.45) is 4.05. The Morgan fingerprint density at radius 2 is 1.90 bits per heavy atom. The van der Waals surface area contributed by atoms with Crippen molar-refractivity contribution >= 4 is 37.8 Å². The number of aromatic nitrogens is 2. The molecule has 0 unspecified atom stereocenters. The summed E-state index contributed by atoms with van der Waals surface area (Å²) in [4.78, 5) is 22.5. The molecule has 4 heterocycles. The molecule has 4 aromatic rings. The minimum Gasteiger partial charge on any atom is -0.422 e. The Balaban J connectivity index is 1.55. The van der Waals surface area contributed by atoms with Crippen LogP contribution in [0.1, 0.15) is 24.0 Å². The van der Waals surface area contributed by atoms with Crippen LogP contribution in [0, 0.1) is 0 Å². The molecule has 0 amide bonds. The van der Waals surface area contributed by atoms with E-state index in [9.17, 15) is 17.8 Å². The van der Waals surface area contributed by atoms with E-state index in [1.54, 1.807) is 6.07 Å². The highest BCUT2D eigenvalue weighted by Crippen LogP contribution is 2.40. The van der Waals surface area contributed by atoms with E-state index in [0.717, 1.165) is 49.7 Å². The van der Waals surface area contributed by atoms with E-state index in [1.165, 1.54) is 29.4 Å². The van der Waals surface area contributed by atoms with Gasteiger partial charge >= 0.3 is 5.63 Å². The molecule has 2 aliphatic heterocycles. The highest BCUT2D eigenvalue weighted by atomic mass is 32.2. The number of benzene rings is 2. The van der Waals surface area contributed by atoms with Crippen molar-refractivity contribution in [2.45, 2.75) is 30.6 Å². The van der Waals surface area contributed by atoms with Crippen LogP contribution in [0.2, 0.25) is 0 Å². The predicted octanol–water partition coefficient (Wildman–Crippen LogP) is 3.28. The van der Waals surface area contributed by atoms with Crippen molar-refractivity contribution in [3.05, 3.63) is 51.9 Å². The van der Waals surface area contributed by atoms with Crippen molar-refractivity contribution < 1.29 is 17.4 Å². The highest BCUT2D eigenvalue weighted by molar-refractivity contribution is 7.85. The number of anilines is 1. The lowest BCUT2D eigenvalue weighted by molar-refractivity contribution is 0.483. The number of aryl methyl sites for hydroxylation is 2. The number of H-pyrrole nitrogens is 1. The van der Waals surface area contributed by atoms with Crippen LogP contribution in [0.5, 0.6) is 0 Å². The Morgan fingerprint density at radius 1 is 1.10 bits per heavy atom. The third kappa shape index (κ3) is 2.88. The van der Waals surface area contributed by atoms with Gasteiger partial charge in [-0.05, 0) is 61.6 Å². The lowest BCUT2D eigenvalue weighted by Crippen LogP contribution is -2.34. The molecule has 158 valence electrons. The molecule has 0 radical (unpaired) electrons. The number of hydrogen-bond acceptors (Lipinski definition) is 6. The first-order valence-electron chi connectivity index (χ1n) is 10.2. The van der Waals surface area contributed by atoms with Crippen molar-refractivity contribution in [1.29, 1.82) is 0 Å². The average molecular weight is 437 g/mol. The van der Waals surface area contributed by atoms with E-state index >= 15 is 0 Å². The van der Waals surface area contributed by atoms with Crippen LogP contribution in [-0.2, 0) is 23.0 Å². The lowest BCUT2D eigenvalue weighted by Gasteiger charge is -2.37. The smallest absolute Gasteiger partial charge is 0.347 e. The van der Waals surface area contributed by atoms with E-state index in [-0.39, 0.29) is 10.5 Å². The SMILES string of the molecule is O=c1oc2c3c4c(cc2cc1-c1nc2ccc(S(=O)(=O)O)cc2[nH]1)CCCN4CCC3. The maximum Gasteiger partial charge on any atom is 0.347 e. The summed E-state index contributed by atoms with van der Waals surface area (Å²) in [5.74, 6) is 0.297. The largest absolute Gasteiger partial charge is 0.422 e. The molecule has 0 spiro atoms. The minimum absolute atomic E-state index is 0.240. The summed E-state index contributed by atoms with van der Waals surface area (Å²) in [5.41, 5.74) is 4.96. The third-order valence-electron chi connectivity index (χ3n) is 6.22. The summed E-state index contributed by atoms with van der Waals surface area (Å²) in [7, 11) is -4.33. The fraction of sp³-hybridized carbons (Fsp3) is 0.273. The highest BCUT2D eigenvalue weighted by Gasteiger charge is 2.27. The molecule has 2 aliphatic rings. The van der Waals surface area contributed by atoms with Gasteiger partial charge < -0.3 is 14.3 Å².